The largest absolute Gasteiger partial charge is 0.306 e. The predicted molar refractivity (Wildman–Crippen MR) is 63.7 cm³/mol. The van der Waals surface area contributed by atoms with Crippen molar-refractivity contribution in [1.82, 2.24) is 15.1 Å². The molecule has 0 aliphatic heterocycles. The summed E-state index contributed by atoms with van der Waals surface area (Å²) in [6.07, 6.45) is 2.06. The number of hydrogen-bond acceptors (Lipinski definition) is 2. The topological polar surface area (TPSA) is 29.9 Å². The van der Waals surface area contributed by atoms with Crippen LogP contribution in [0.15, 0.2) is 12.3 Å². The van der Waals surface area contributed by atoms with Gasteiger partial charge in [-0.25, -0.2) is 0 Å². The van der Waals surface area contributed by atoms with E-state index in [2.05, 4.69) is 57.3 Å². The molecular weight excluding hydrogens is 186 g/mol. The van der Waals surface area contributed by atoms with E-state index in [1.165, 1.54) is 0 Å². The lowest BCUT2D eigenvalue weighted by atomic mass is 10.1. The lowest BCUT2D eigenvalue weighted by Crippen LogP contribution is -2.35. The molecule has 0 saturated heterocycles. The summed E-state index contributed by atoms with van der Waals surface area (Å²) in [6.45, 7) is 12.7. The fraction of sp³-hybridized carbons (Fsp3) is 0.750. The molecule has 3 nitrogen and oxygen atoms in total. The van der Waals surface area contributed by atoms with Crippen LogP contribution in [0, 0.1) is 5.92 Å². The van der Waals surface area contributed by atoms with E-state index in [4.69, 9.17) is 0 Å². The monoisotopic (exact) mass is 209 g/mol. The molecule has 0 fully saturated rings. The van der Waals surface area contributed by atoms with Crippen molar-refractivity contribution in [2.45, 2.75) is 53.2 Å². The second kappa shape index (κ2) is 4.79. The van der Waals surface area contributed by atoms with Crippen LogP contribution in [0.1, 0.15) is 40.3 Å². The first-order valence-corrected chi connectivity index (χ1v) is 5.64. The Hall–Kier alpha value is -0.830. The van der Waals surface area contributed by atoms with Crippen molar-refractivity contribution < 1.29 is 0 Å². The quantitative estimate of drug-likeness (QED) is 0.825. The van der Waals surface area contributed by atoms with Crippen molar-refractivity contribution in [2.75, 3.05) is 0 Å². The molecule has 1 aromatic rings. The molecule has 0 atom stereocenters. The van der Waals surface area contributed by atoms with Crippen LogP contribution in [-0.4, -0.2) is 15.3 Å². The van der Waals surface area contributed by atoms with Crippen LogP contribution in [0.5, 0.6) is 0 Å². The Morgan fingerprint density at radius 1 is 1.40 bits per heavy atom. The zero-order chi connectivity index (χ0) is 11.5. The minimum Gasteiger partial charge on any atom is -0.306 e. The van der Waals surface area contributed by atoms with Gasteiger partial charge in [0.05, 0.1) is 5.69 Å². The molecular formula is C12H23N3. The Morgan fingerprint density at radius 2 is 2.07 bits per heavy atom. The minimum atomic E-state index is 0.155. The van der Waals surface area contributed by atoms with Gasteiger partial charge in [-0.1, -0.05) is 13.8 Å². The van der Waals surface area contributed by atoms with Gasteiger partial charge < -0.3 is 5.32 Å². The van der Waals surface area contributed by atoms with Gasteiger partial charge in [0.15, 0.2) is 0 Å². The molecule has 0 unspecified atom stereocenters. The lowest BCUT2D eigenvalue weighted by Gasteiger charge is -2.19. The number of rotatable bonds is 4. The maximum Gasteiger partial charge on any atom is 0.0762 e. The van der Waals surface area contributed by atoms with Crippen LogP contribution in [0.4, 0.5) is 0 Å². The van der Waals surface area contributed by atoms with E-state index in [0.29, 0.717) is 5.92 Å². The van der Waals surface area contributed by atoms with Crippen LogP contribution < -0.4 is 5.32 Å². The lowest BCUT2D eigenvalue weighted by molar-refractivity contribution is 0.416. The Kier molecular flexibility index (Phi) is 3.91. The summed E-state index contributed by atoms with van der Waals surface area (Å²) in [5.74, 6) is 0.647. The summed E-state index contributed by atoms with van der Waals surface area (Å²) in [6, 6.07) is 2.08. The van der Waals surface area contributed by atoms with Crippen molar-refractivity contribution in [3.05, 3.63) is 18.0 Å². The Bertz CT molecular complexity index is 294. The van der Waals surface area contributed by atoms with E-state index in [9.17, 15) is 0 Å². The molecule has 15 heavy (non-hydrogen) atoms. The highest BCUT2D eigenvalue weighted by Gasteiger charge is 2.09. The summed E-state index contributed by atoms with van der Waals surface area (Å²) in [7, 11) is 0. The van der Waals surface area contributed by atoms with Gasteiger partial charge in [-0.2, -0.15) is 5.10 Å². The van der Waals surface area contributed by atoms with Crippen molar-refractivity contribution in [3.63, 3.8) is 0 Å². The van der Waals surface area contributed by atoms with Crippen LogP contribution >= 0.6 is 0 Å². The van der Waals surface area contributed by atoms with Gasteiger partial charge in [0.1, 0.15) is 0 Å². The van der Waals surface area contributed by atoms with Crippen LogP contribution in [0.2, 0.25) is 0 Å². The zero-order valence-electron chi connectivity index (χ0n) is 10.5. The first-order chi connectivity index (χ1) is 6.87. The molecule has 0 saturated carbocycles. The highest BCUT2D eigenvalue weighted by Crippen LogP contribution is 2.04. The first kappa shape index (κ1) is 12.2. The fourth-order valence-electron chi connectivity index (χ4n) is 1.33. The molecule has 86 valence electrons. The number of aromatic nitrogens is 2. The van der Waals surface area contributed by atoms with E-state index in [-0.39, 0.29) is 5.54 Å². The zero-order valence-corrected chi connectivity index (χ0v) is 10.5. The minimum absolute atomic E-state index is 0.155. The highest BCUT2D eigenvalue weighted by atomic mass is 15.3. The van der Waals surface area contributed by atoms with E-state index in [1.807, 2.05) is 4.68 Å². The van der Waals surface area contributed by atoms with Crippen molar-refractivity contribution in [2.24, 2.45) is 5.92 Å². The number of hydrogen-bond donors (Lipinski definition) is 1. The average Bonchev–Trinajstić information content (AvgIpc) is 2.46. The summed E-state index contributed by atoms with van der Waals surface area (Å²) in [4.78, 5) is 0. The van der Waals surface area contributed by atoms with Crippen molar-refractivity contribution in [1.29, 1.82) is 0 Å². The van der Waals surface area contributed by atoms with Crippen molar-refractivity contribution in [3.8, 4) is 0 Å². The molecule has 0 aromatic carbocycles. The second-order valence-electron chi connectivity index (χ2n) is 5.53. The smallest absolute Gasteiger partial charge is 0.0762 e. The summed E-state index contributed by atoms with van der Waals surface area (Å²) in [5, 5.41) is 7.94. The maximum absolute atomic E-state index is 4.51. The average molecular weight is 209 g/mol. The molecule has 0 spiro atoms. The third kappa shape index (κ3) is 4.98. The van der Waals surface area contributed by atoms with Crippen LogP contribution in [0.25, 0.3) is 0 Å². The van der Waals surface area contributed by atoms with E-state index in [0.717, 1.165) is 18.8 Å². The van der Waals surface area contributed by atoms with E-state index < -0.39 is 0 Å². The molecule has 1 N–H and O–H groups in total. The number of nitrogens with one attached hydrogen (secondary N) is 1. The molecule has 0 bridgehead atoms. The molecule has 1 aromatic heterocycles. The summed E-state index contributed by atoms with van der Waals surface area (Å²) < 4.78 is 2.02. The normalized spacial score (nSPS) is 12.4. The SMILES string of the molecule is CC(C)Cn1ccc(CNC(C)(C)C)n1. The fourth-order valence-corrected chi connectivity index (χ4v) is 1.33. The third-order valence-corrected chi connectivity index (χ3v) is 2.05. The molecule has 1 rings (SSSR count). The van der Waals surface area contributed by atoms with Gasteiger partial charge in [-0.05, 0) is 32.8 Å². The summed E-state index contributed by atoms with van der Waals surface area (Å²) in [5.41, 5.74) is 1.27. The van der Waals surface area contributed by atoms with Gasteiger partial charge in [0, 0.05) is 24.8 Å². The first-order valence-electron chi connectivity index (χ1n) is 5.64. The van der Waals surface area contributed by atoms with Gasteiger partial charge in [0.25, 0.3) is 0 Å². The predicted octanol–water partition coefficient (Wildman–Crippen LogP) is 2.43. The summed E-state index contributed by atoms with van der Waals surface area (Å²) >= 11 is 0. The Balaban J connectivity index is 2.46. The molecule has 0 aliphatic rings. The number of nitrogens with zero attached hydrogens (tertiary/aromatic N) is 2. The molecule has 0 aliphatic carbocycles. The Labute approximate surface area is 92.9 Å². The van der Waals surface area contributed by atoms with E-state index >= 15 is 0 Å². The van der Waals surface area contributed by atoms with E-state index in [1.54, 1.807) is 0 Å². The van der Waals surface area contributed by atoms with Gasteiger partial charge >= 0.3 is 0 Å². The molecule has 3 heteroatoms. The molecule has 0 radical (unpaired) electrons. The highest BCUT2D eigenvalue weighted by molar-refractivity contribution is 4.99. The molecule has 1 heterocycles. The van der Waals surface area contributed by atoms with Gasteiger partial charge in [-0.3, -0.25) is 4.68 Å². The molecule has 0 amide bonds. The van der Waals surface area contributed by atoms with Crippen LogP contribution in [-0.2, 0) is 13.1 Å². The standard InChI is InChI=1S/C12H23N3/c1-10(2)9-15-7-6-11(14-15)8-13-12(3,4)5/h6-7,10,13H,8-9H2,1-5H3. The van der Waals surface area contributed by atoms with Gasteiger partial charge in [0.2, 0.25) is 0 Å². The second-order valence-corrected chi connectivity index (χ2v) is 5.53. The van der Waals surface area contributed by atoms with Crippen LogP contribution in [0.3, 0.4) is 0 Å². The Morgan fingerprint density at radius 3 is 2.60 bits per heavy atom. The third-order valence-electron chi connectivity index (χ3n) is 2.05. The maximum atomic E-state index is 4.51. The van der Waals surface area contributed by atoms with Crippen molar-refractivity contribution >= 4 is 0 Å². The van der Waals surface area contributed by atoms with Gasteiger partial charge in [-0.15, -0.1) is 0 Å².